The minimum atomic E-state index is -0.170. The number of hydrogen-bond acceptors (Lipinski definition) is 2. The molecule has 2 atom stereocenters. The van der Waals surface area contributed by atoms with Gasteiger partial charge in [0.15, 0.2) is 0 Å². The van der Waals surface area contributed by atoms with E-state index in [1.54, 1.807) is 12.1 Å². The smallest absolute Gasteiger partial charge is 0.126 e. The predicted octanol–water partition coefficient (Wildman–Crippen LogP) is 4.35. The SMILES string of the molecule is CCNC(CCC1CCCCO1)Cc1cc(Cl)ccc1F. The van der Waals surface area contributed by atoms with Gasteiger partial charge < -0.3 is 10.1 Å². The summed E-state index contributed by atoms with van der Waals surface area (Å²) in [7, 11) is 0. The van der Waals surface area contributed by atoms with E-state index in [0.717, 1.165) is 32.4 Å². The lowest BCUT2D eigenvalue weighted by Gasteiger charge is -2.25. The summed E-state index contributed by atoms with van der Waals surface area (Å²) < 4.78 is 19.6. The van der Waals surface area contributed by atoms with E-state index in [0.29, 0.717) is 23.1 Å². The molecule has 0 saturated carbocycles. The molecular formula is C17H25ClFNO. The highest BCUT2D eigenvalue weighted by molar-refractivity contribution is 6.30. The Bertz CT molecular complexity index is 435. The number of benzene rings is 1. The van der Waals surface area contributed by atoms with Gasteiger partial charge in [-0.3, -0.25) is 0 Å². The minimum absolute atomic E-state index is 0.170. The molecule has 2 rings (SSSR count). The second kappa shape index (κ2) is 8.72. The van der Waals surface area contributed by atoms with E-state index < -0.39 is 0 Å². The third-order valence-corrected chi connectivity index (χ3v) is 4.31. The van der Waals surface area contributed by atoms with Gasteiger partial charge in [-0.05, 0) is 68.8 Å². The molecule has 0 aliphatic carbocycles. The maximum absolute atomic E-state index is 13.9. The van der Waals surface area contributed by atoms with Gasteiger partial charge in [-0.25, -0.2) is 4.39 Å². The first-order valence-corrected chi connectivity index (χ1v) is 8.35. The molecule has 1 fully saturated rings. The topological polar surface area (TPSA) is 21.3 Å². The second-order valence-corrected chi connectivity index (χ2v) is 6.20. The highest BCUT2D eigenvalue weighted by atomic mass is 35.5. The van der Waals surface area contributed by atoms with E-state index in [1.807, 2.05) is 0 Å². The summed E-state index contributed by atoms with van der Waals surface area (Å²) in [5.41, 5.74) is 0.693. The molecule has 1 aromatic rings. The van der Waals surface area contributed by atoms with Gasteiger partial charge in [-0.15, -0.1) is 0 Å². The molecule has 1 aromatic carbocycles. The van der Waals surface area contributed by atoms with Crippen LogP contribution in [-0.2, 0) is 11.2 Å². The van der Waals surface area contributed by atoms with Crippen molar-refractivity contribution in [2.24, 2.45) is 0 Å². The van der Waals surface area contributed by atoms with Crippen LogP contribution in [0.5, 0.6) is 0 Å². The van der Waals surface area contributed by atoms with E-state index in [9.17, 15) is 4.39 Å². The summed E-state index contributed by atoms with van der Waals surface area (Å²) in [4.78, 5) is 0. The normalized spacial score (nSPS) is 20.4. The number of rotatable bonds is 7. The Balaban J connectivity index is 1.89. The van der Waals surface area contributed by atoms with Crippen LogP contribution in [0.15, 0.2) is 18.2 Å². The Kier molecular flexibility index (Phi) is 6.94. The van der Waals surface area contributed by atoms with Crippen LogP contribution in [0.1, 0.15) is 44.6 Å². The van der Waals surface area contributed by atoms with Crippen molar-refractivity contribution in [3.63, 3.8) is 0 Å². The van der Waals surface area contributed by atoms with Gasteiger partial charge >= 0.3 is 0 Å². The van der Waals surface area contributed by atoms with Crippen molar-refractivity contribution in [2.75, 3.05) is 13.2 Å². The fourth-order valence-electron chi connectivity index (χ4n) is 2.95. The number of nitrogens with one attached hydrogen (secondary N) is 1. The third kappa shape index (κ3) is 5.57. The fourth-order valence-corrected chi connectivity index (χ4v) is 3.15. The Morgan fingerprint density at radius 3 is 3.00 bits per heavy atom. The molecule has 21 heavy (non-hydrogen) atoms. The van der Waals surface area contributed by atoms with Gasteiger partial charge in [0.05, 0.1) is 6.10 Å². The Labute approximate surface area is 132 Å². The average molecular weight is 314 g/mol. The summed E-state index contributed by atoms with van der Waals surface area (Å²) in [5.74, 6) is -0.170. The predicted molar refractivity (Wildman–Crippen MR) is 85.4 cm³/mol. The van der Waals surface area contributed by atoms with Crippen molar-refractivity contribution >= 4 is 11.6 Å². The monoisotopic (exact) mass is 313 g/mol. The van der Waals surface area contributed by atoms with E-state index in [4.69, 9.17) is 16.3 Å². The zero-order valence-electron chi connectivity index (χ0n) is 12.7. The molecule has 1 aliphatic heterocycles. The fraction of sp³-hybridized carbons (Fsp3) is 0.647. The van der Waals surface area contributed by atoms with Crippen molar-refractivity contribution in [1.82, 2.24) is 5.32 Å². The maximum atomic E-state index is 13.9. The van der Waals surface area contributed by atoms with E-state index in [1.165, 1.54) is 18.9 Å². The quantitative estimate of drug-likeness (QED) is 0.808. The van der Waals surface area contributed by atoms with Crippen molar-refractivity contribution in [3.8, 4) is 0 Å². The van der Waals surface area contributed by atoms with Gasteiger partial charge in [0, 0.05) is 17.7 Å². The van der Waals surface area contributed by atoms with Crippen LogP contribution in [0.3, 0.4) is 0 Å². The number of ether oxygens (including phenoxy) is 1. The molecule has 0 bridgehead atoms. The van der Waals surface area contributed by atoms with Crippen LogP contribution in [0.25, 0.3) is 0 Å². The van der Waals surface area contributed by atoms with Gasteiger partial charge in [0.1, 0.15) is 5.82 Å². The van der Waals surface area contributed by atoms with Crippen molar-refractivity contribution < 1.29 is 9.13 Å². The molecule has 2 unspecified atom stereocenters. The molecule has 0 radical (unpaired) electrons. The first kappa shape index (κ1) is 16.7. The van der Waals surface area contributed by atoms with Gasteiger partial charge in [0.25, 0.3) is 0 Å². The van der Waals surface area contributed by atoms with Gasteiger partial charge in [0.2, 0.25) is 0 Å². The van der Waals surface area contributed by atoms with Gasteiger partial charge in [-0.1, -0.05) is 18.5 Å². The molecular weight excluding hydrogens is 289 g/mol. The third-order valence-electron chi connectivity index (χ3n) is 4.08. The van der Waals surface area contributed by atoms with Crippen LogP contribution in [0, 0.1) is 5.82 Å². The highest BCUT2D eigenvalue weighted by Crippen LogP contribution is 2.21. The molecule has 0 aromatic heterocycles. The van der Waals surface area contributed by atoms with E-state index >= 15 is 0 Å². The zero-order chi connectivity index (χ0) is 15.1. The minimum Gasteiger partial charge on any atom is -0.378 e. The first-order chi connectivity index (χ1) is 10.2. The standard InChI is InChI=1S/C17H25ClFNO/c1-2-20-15(7-8-16-5-3-4-10-21-16)12-13-11-14(18)6-9-17(13)19/h6,9,11,15-16,20H,2-5,7-8,10,12H2,1H3. The highest BCUT2D eigenvalue weighted by Gasteiger charge is 2.17. The van der Waals surface area contributed by atoms with Crippen LogP contribution in [0.4, 0.5) is 4.39 Å². The summed E-state index contributed by atoms with van der Waals surface area (Å²) in [6.07, 6.45) is 6.70. The molecule has 4 heteroatoms. The molecule has 118 valence electrons. The summed E-state index contributed by atoms with van der Waals surface area (Å²) in [6.45, 7) is 3.86. The van der Waals surface area contributed by atoms with E-state index in [-0.39, 0.29) is 11.9 Å². The molecule has 2 nitrogen and oxygen atoms in total. The lowest BCUT2D eigenvalue weighted by molar-refractivity contribution is 0.00860. The maximum Gasteiger partial charge on any atom is 0.126 e. The average Bonchev–Trinajstić information content (AvgIpc) is 2.50. The number of halogens is 2. The Morgan fingerprint density at radius 1 is 1.43 bits per heavy atom. The van der Waals surface area contributed by atoms with Crippen LogP contribution < -0.4 is 5.32 Å². The number of hydrogen-bond donors (Lipinski definition) is 1. The Morgan fingerprint density at radius 2 is 2.29 bits per heavy atom. The molecule has 1 aliphatic rings. The largest absolute Gasteiger partial charge is 0.378 e. The van der Waals surface area contributed by atoms with Crippen molar-refractivity contribution in [1.29, 1.82) is 0 Å². The Hall–Kier alpha value is -0.640. The molecule has 0 amide bonds. The lowest BCUT2D eigenvalue weighted by Crippen LogP contribution is -2.33. The van der Waals surface area contributed by atoms with Crippen LogP contribution in [0.2, 0.25) is 5.02 Å². The number of likely N-dealkylation sites (N-methyl/N-ethyl adjacent to an activating group) is 1. The molecule has 1 heterocycles. The summed E-state index contributed by atoms with van der Waals surface area (Å²) in [6, 6.07) is 5.05. The lowest BCUT2D eigenvalue weighted by atomic mass is 9.97. The summed E-state index contributed by atoms with van der Waals surface area (Å²) in [5, 5.41) is 4.05. The zero-order valence-corrected chi connectivity index (χ0v) is 13.5. The molecule has 0 spiro atoms. The summed E-state index contributed by atoms with van der Waals surface area (Å²) >= 11 is 5.97. The molecule has 1 N–H and O–H groups in total. The van der Waals surface area contributed by atoms with Gasteiger partial charge in [-0.2, -0.15) is 0 Å². The van der Waals surface area contributed by atoms with Crippen LogP contribution >= 0.6 is 11.6 Å². The van der Waals surface area contributed by atoms with E-state index in [2.05, 4.69) is 12.2 Å². The van der Waals surface area contributed by atoms with Crippen molar-refractivity contribution in [3.05, 3.63) is 34.6 Å². The van der Waals surface area contributed by atoms with Crippen molar-refractivity contribution in [2.45, 2.75) is 57.6 Å². The van der Waals surface area contributed by atoms with Crippen LogP contribution in [-0.4, -0.2) is 25.3 Å². The first-order valence-electron chi connectivity index (χ1n) is 7.98. The molecule has 1 saturated heterocycles. The second-order valence-electron chi connectivity index (χ2n) is 5.76.